The van der Waals surface area contributed by atoms with Crippen LogP contribution < -0.4 is 14.2 Å². The van der Waals surface area contributed by atoms with Gasteiger partial charge in [-0.1, -0.05) is 31.0 Å². The van der Waals surface area contributed by atoms with E-state index in [9.17, 15) is 0 Å². The number of thioether (sulfide) groups is 1. The molecule has 0 N–H and O–H groups in total. The quantitative estimate of drug-likeness (QED) is 0.520. The van der Waals surface area contributed by atoms with Crippen LogP contribution in [0.4, 0.5) is 0 Å². The summed E-state index contributed by atoms with van der Waals surface area (Å²) in [5, 5.41) is 10.3. The van der Waals surface area contributed by atoms with Crippen molar-refractivity contribution in [1.82, 2.24) is 19.7 Å². The summed E-state index contributed by atoms with van der Waals surface area (Å²) in [7, 11) is 4.90. The summed E-state index contributed by atoms with van der Waals surface area (Å²) in [5.74, 6) is 3.69. The van der Waals surface area contributed by atoms with E-state index in [1.165, 1.54) is 19.3 Å². The number of methoxy groups -OCH3 is 3. The van der Waals surface area contributed by atoms with Gasteiger partial charge in [0.1, 0.15) is 0 Å². The first kappa shape index (κ1) is 23.2. The van der Waals surface area contributed by atoms with Crippen molar-refractivity contribution < 1.29 is 18.9 Å². The Bertz CT molecular complexity index is 854. The second-order valence-electron chi connectivity index (χ2n) is 8.18. The topological polar surface area (TPSA) is 70.9 Å². The molecule has 1 aromatic heterocycles. The molecular weight excluding hydrogens is 428 g/mol. The molecule has 0 amide bonds. The number of benzene rings is 1. The van der Waals surface area contributed by atoms with E-state index in [0.29, 0.717) is 23.3 Å². The van der Waals surface area contributed by atoms with E-state index < -0.39 is 0 Å². The van der Waals surface area contributed by atoms with Crippen molar-refractivity contribution >= 4 is 11.8 Å². The zero-order valence-electron chi connectivity index (χ0n) is 19.3. The molecule has 1 saturated heterocycles. The van der Waals surface area contributed by atoms with Gasteiger partial charge in [-0.2, -0.15) is 0 Å². The van der Waals surface area contributed by atoms with E-state index in [1.807, 2.05) is 12.1 Å². The van der Waals surface area contributed by atoms with Crippen LogP contribution in [0, 0.1) is 0 Å². The Morgan fingerprint density at radius 3 is 2.28 bits per heavy atom. The van der Waals surface area contributed by atoms with Gasteiger partial charge in [-0.3, -0.25) is 9.47 Å². The lowest BCUT2D eigenvalue weighted by Gasteiger charge is -2.27. The Morgan fingerprint density at radius 1 is 0.969 bits per heavy atom. The van der Waals surface area contributed by atoms with Gasteiger partial charge in [0.25, 0.3) is 0 Å². The fourth-order valence-electron chi connectivity index (χ4n) is 4.54. The van der Waals surface area contributed by atoms with E-state index in [0.717, 1.165) is 68.0 Å². The first-order valence-corrected chi connectivity index (χ1v) is 12.4. The summed E-state index contributed by atoms with van der Waals surface area (Å²) in [4.78, 5) is 2.46. The molecule has 4 rings (SSSR count). The Kier molecular flexibility index (Phi) is 8.15. The molecule has 2 aliphatic rings. The average molecular weight is 463 g/mol. The normalized spacial score (nSPS) is 18.0. The Hall–Kier alpha value is -1.97. The summed E-state index contributed by atoms with van der Waals surface area (Å²) in [6.45, 7) is 4.70. The van der Waals surface area contributed by atoms with Gasteiger partial charge < -0.3 is 18.9 Å². The molecule has 2 fully saturated rings. The minimum atomic E-state index is 0.415. The lowest BCUT2D eigenvalue weighted by Crippen LogP contribution is -2.37. The number of hydrogen-bond acceptors (Lipinski definition) is 8. The molecule has 0 bridgehead atoms. The van der Waals surface area contributed by atoms with Crippen molar-refractivity contribution in [3.63, 3.8) is 0 Å². The zero-order chi connectivity index (χ0) is 22.3. The van der Waals surface area contributed by atoms with E-state index in [2.05, 4.69) is 19.7 Å². The highest BCUT2D eigenvalue weighted by atomic mass is 32.2. The van der Waals surface area contributed by atoms with Gasteiger partial charge >= 0.3 is 0 Å². The summed E-state index contributed by atoms with van der Waals surface area (Å²) in [6, 6.07) is 4.35. The molecule has 0 unspecified atom stereocenters. The van der Waals surface area contributed by atoms with Gasteiger partial charge in [-0.15, -0.1) is 10.2 Å². The second kappa shape index (κ2) is 11.2. The van der Waals surface area contributed by atoms with E-state index in [1.54, 1.807) is 33.1 Å². The molecule has 176 valence electrons. The second-order valence-corrected chi connectivity index (χ2v) is 9.25. The maximum Gasteiger partial charge on any atom is 0.203 e. The van der Waals surface area contributed by atoms with Crippen molar-refractivity contribution in [2.45, 2.75) is 43.3 Å². The van der Waals surface area contributed by atoms with Crippen molar-refractivity contribution in [1.29, 1.82) is 0 Å². The number of aromatic nitrogens is 3. The fourth-order valence-corrected chi connectivity index (χ4v) is 5.55. The van der Waals surface area contributed by atoms with Crippen molar-refractivity contribution in [3.05, 3.63) is 12.1 Å². The number of rotatable bonds is 9. The van der Waals surface area contributed by atoms with Crippen LogP contribution in [-0.2, 0) is 4.74 Å². The SMILES string of the molecule is COc1cc(-c2nnc(SCCN3CCOCC3)n2C2CCCCC2)cc(OC)c1OC. The predicted molar refractivity (Wildman–Crippen MR) is 125 cm³/mol. The van der Waals surface area contributed by atoms with Crippen LogP contribution in [0.3, 0.4) is 0 Å². The molecule has 0 radical (unpaired) electrons. The third-order valence-corrected chi connectivity index (χ3v) is 7.19. The Labute approximate surface area is 194 Å². The monoisotopic (exact) mass is 462 g/mol. The summed E-state index contributed by atoms with van der Waals surface area (Å²) >= 11 is 1.80. The van der Waals surface area contributed by atoms with Crippen LogP contribution in [0.25, 0.3) is 11.4 Å². The van der Waals surface area contributed by atoms with Crippen LogP contribution in [0.5, 0.6) is 17.2 Å². The number of hydrogen-bond donors (Lipinski definition) is 0. The highest BCUT2D eigenvalue weighted by Gasteiger charge is 2.26. The molecule has 0 spiro atoms. The fraction of sp³-hybridized carbons (Fsp3) is 0.652. The van der Waals surface area contributed by atoms with Crippen LogP contribution in [0.15, 0.2) is 17.3 Å². The molecule has 2 heterocycles. The van der Waals surface area contributed by atoms with Crippen LogP contribution in [-0.4, -0.2) is 79.6 Å². The van der Waals surface area contributed by atoms with Gasteiger partial charge in [0.2, 0.25) is 5.75 Å². The van der Waals surface area contributed by atoms with Gasteiger partial charge in [-0.05, 0) is 25.0 Å². The summed E-state index contributed by atoms with van der Waals surface area (Å²) in [6.07, 6.45) is 6.11. The van der Waals surface area contributed by atoms with Crippen molar-refractivity contribution in [3.8, 4) is 28.6 Å². The number of ether oxygens (including phenoxy) is 4. The lowest BCUT2D eigenvalue weighted by atomic mass is 9.95. The van der Waals surface area contributed by atoms with E-state index >= 15 is 0 Å². The standard InChI is InChI=1S/C23H34N4O4S/c1-28-19-15-17(16-20(29-2)21(19)30-3)22-24-25-23(27(22)18-7-5-4-6-8-18)32-14-11-26-9-12-31-13-10-26/h15-16,18H,4-14H2,1-3H3. The van der Waals surface area contributed by atoms with Crippen LogP contribution in [0.2, 0.25) is 0 Å². The molecule has 1 saturated carbocycles. The van der Waals surface area contributed by atoms with Gasteiger partial charge in [-0.25, -0.2) is 0 Å². The first-order chi connectivity index (χ1) is 15.7. The van der Waals surface area contributed by atoms with E-state index in [4.69, 9.17) is 18.9 Å². The maximum absolute atomic E-state index is 5.58. The Morgan fingerprint density at radius 2 is 1.66 bits per heavy atom. The highest BCUT2D eigenvalue weighted by molar-refractivity contribution is 7.99. The minimum Gasteiger partial charge on any atom is -0.493 e. The zero-order valence-corrected chi connectivity index (χ0v) is 20.2. The molecular formula is C23H34N4O4S. The predicted octanol–water partition coefficient (Wildman–Crippen LogP) is 3.90. The van der Waals surface area contributed by atoms with Gasteiger partial charge in [0.15, 0.2) is 22.5 Å². The van der Waals surface area contributed by atoms with E-state index in [-0.39, 0.29) is 0 Å². The molecule has 1 aliphatic carbocycles. The third-order valence-electron chi connectivity index (χ3n) is 6.27. The Balaban J connectivity index is 1.63. The smallest absolute Gasteiger partial charge is 0.203 e. The van der Waals surface area contributed by atoms with Crippen molar-refractivity contribution in [2.24, 2.45) is 0 Å². The number of nitrogens with zero attached hydrogens (tertiary/aromatic N) is 4. The number of morpholine rings is 1. The lowest BCUT2D eigenvalue weighted by molar-refractivity contribution is 0.0410. The summed E-state index contributed by atoms with van der Waals surface area (Å²) < 4.78 is 24.5. The minimum absolute atomic E-state index is 0.415. The highest BCUT2D eigenvalue weighted by Crippen LogP contribution is 2.42. The molecule has 8 nitrogen and oxygen atoms in total. The molecule has 0 atom stereocenters. The molecule has 2 aromatic rings. The molecule has 32 heavy (non-hydrogen) atoms. The van der Waals surface area contributed by atoms with Gasteiger partial charge in [0.05, 0.1) is 34.5 Å². The van der Waals surface area contributed by atoms with Crippen LogP contribution >= 0.6 is 11.8 Å². The molecule has 9 heteroatoms. The first-order valence-electron chi connectivity index (χ1n) is 11.4. The van der Waals surface area contributed by atoms with Gasteiger partial charge in [0, 0.05) is 37.0 Å². The maximum atomic E-state index is 5.58. The average Bonchev–Trinajstić information content (AvgIpc) is 3.28. The largest absolute Gasteiger partial charge is 0.493 e. The molecule has 1 aliphatic heterocycles. The van der Waals surface area contributed by atoms with Crippen molar-refractivity contribution in [2.75, 3.05) is 59.9 Å². The van der Waals surface area contributed by atoms with Crippen LogP contribution in [0.1, 0.15) is 38.1 Å². The molecule has 1 aromatic carbocycles. The summed E-state index contributed by atoms with van der Waals surface area (Å²) in [5.41, 5.74) is 0.928. The third kappa shape index (κ3) is 5.15.